The molecule has 2 rings (SSSR count). The summed E-state index contributed by atoms with van der Waals surface area (Å²) in [4.78, 5) is 25.2. The predicted octanol–water partition coefficient (Wildman–Crippen LogP) is 1.02. The number of esters is 1. The maximum Gasteiger partial charge on any atom is 0.389 e. The second-order valence-electron chi connectivity index (χ2n) is 3.66. The average molecular weight is 262 g/mol. The van der Waals surface area contributed by atoms with Crippen molar-refractivity contribution in [1.29, 1.82) is 0 Å². The van der Waals surface area contributed by atoms with Gasteiger partial charge in [-0.05, 0) is 17.1 Å². The van der Waals surface area contributed by atoms with Gasteiger partial charge < -0.3 is 14.9 Å². The van der Waals surface area contributed by atoms with Gasteiger partial charge in [-0.15, -0.1) is 0 Å². The number of hydrogen-bond acceptors (Lipinski definition) is 6. The van der Waals surface area contributed by atoms with Gasteiger partial charge in [-0.25, -0.2) is 4.79 Å². The van der Waals surface area contributed by atoms with Gasteiger partial charge in [0.2, 0.25) is 0 Å². The standard InChI is InChI=1S/C11H10N4O4/c1-19-11(16)8-2-3-9(12-6-8)7-14-5-4-10(13-14)15(17)18/h2-6H,7H2,1H3. The van der Waals surface area contributed by atoms with Gasteiger partial charge in [0.05, 0.1) is 35.7 Å². The summed E-state index contributed by atoms with van der Waals surface area (Å²) >= 11 is 0. The molecule has 98 valence electrons. The molecule has 2 heterocycles. The van der Waals surface area contributed by atoms with E-state index >= 15 is 0 Å². The molecule has 0 N–H and O–H groups in total. The predicted molar refractivity (Wildman–Crippen MR) is 63.6 cm³/mol. The Labute approximate surface area is 107 Å². The Balaban J connectivity index is 2.10. The maximum atomic E-state index is 11.2. The van der Waals surface area contributed by atoms with E-state index in [4.69, 9.17) is 0 Å². The molecule has 0 spiro atoms. The summed E-state index contributed by atoms with van der Waals surface area (Å²) in [5.74, 6) is -0.681. The van der Waals surface area contributed by atoms with E-state index in [0.29, 0.717) is 11.3 Å². The normalized spacial score (nSPS) is 10.2. The highest BCUT2D eigenvalue weighted by Gasteiger charge is 2.12. The Bertz CT molecular complexity index is 605. The van der Waals surface area contributed by atoms with E-state index in [1.807, 2.05) is 0 Å². The summed E-state index contributed by atoms with van der Waals surface area (Å²) in [7, 11) is 1.29. The number of hydrogen-bond donors (Lipinski definition) is 0. The maximum absolute atomic E-state index is 11.2. The van der Waals surface area contributed by atoms with Crippen LogP contribution < -0.4 is 0 Å². The van der Waals surface area contributed by atoms with Crippen LogP contribution >= 0.6 is 0 Å². The van der Waals surface area contributed by atoms with Crippen LogP contribution in [0.15, 0.2) is 30.6 Å². The molecule has 0 aliphatic rings. The van der Waals surface area contributed by atoms with Crippen molar-refractivity contribution >= 4 is 11.8 Å². The van der Waals surface area contributed by atoms with Gasteiger partial charge >= 0.3 is 11.8 Å². The van der Waals surface area contributed by atoms with Gasteiger partial charge in [0, 0.05) is 6.20 Å². The van der Waals surface area contributed by atoms with E-state index in [1.165, 1.54) is 30.3 Å². The van der Waals surface area contributed by atoms with Crippen LogP contribution in [0, 0.1) is 10.1 Å². The molecule has 0 aliphatic heterocycles. The molecule has 0 atom stereocenters. The number of carbonyl (C=O) groups is 1. The molecule has 2 aromatic heterocycles. The van der Waals surface area contributed by atoms with E-state index in [9.17, 15) is 14.9 Å². The molecule has 8 nitrogen and oxygen atoms in total. The average Bonchev–Trinajstić information content (AvgIpc) is 2.87. The van der Waals surface area contributed by atoms with Gasteiger partial charge in [-0.1, -0.05) is 0 Å². The fourth-order valence-electron chi connectivity index (χ4n) is 1.46. The number of ether oxygens (including phenoxy) is 1. The van der Waals surface area contributed by atoms with Crippen LogP contribution in [0.3, 0.4) is 0 Å². The minimum absolute atomic E-state index is 0.216. The molecule has 2 aromatic rings. The van der Waals surface area contributed by atoms with E-state index in [-0.39, 0.29) is 12.4 Å². The summed E-state index contributed by atoms with van der Waals surface area (Å²) < 4.78 is 5.95. The SMILES string of the molecule is COC(=O)c1ccc(Cn2ccc([N+](=O)[O-])n2)nc1. The van der Waals surface area contributed by atoms with Gasteiger partial charge in [0.25, 0.3) is 0 Å². The van der Waals surface area contributed by atoms with Crippen molar-refractivity contribution in [3.05, 3.63) is 52.0 Å². The quantitative estimate of drug-likeness (QED) is 0.463. The zero-order chi connectivity index (χ0) is 13.8. The second kappa shape index (κ2) is 5.25. The lowest BCUT2D eigenvalue weighted by Crippen LogP contribution is -2.06. The molecule has 0 saturated heterocycles. The lowest BCUT2D eigenvalue weighted by atomic mass is 10.2. The number of nitro groups is 1. The van der Waals surface area contributed by atoms with Crippen LogP contribution in [0.1, 0.15) is 16.1 Å². The first-order chi connectivity index (χ1) is 9.10. The first-order valence-corrected chi connectivity index (χ1v) is 5.31. The third kappa shape index (κ3) is 2.92. The third-order valence-corrected chi connectivity index (χ3v) is 2.38. The Kier molecular flexibility index (Phi) is 3.51. The highest BCUT2D eigenvalue weighted by molar-refractivity contribution is 5.88. The number of carbonyl (C=O) groups excluding carboxylic acids is 1. The monoisotopic (exact) mass is 262 g/mol. The van der Waals surface area contributed by atoms with Crippen LogP contribution in [0.25, 0.3) is 0 Å². The summed E-state index contributed by atoms with van der Waals surface area (Å²) in [5, 5.41) is 14.2. The van der Waals surface area contributed by atoms with Crippen LogP contribution in [0.4, 0.5) is 5.82 Å². The third-order valence-electron chi connectivity index (χ3n) is 2.38. The number of pyridine rings is 1. The van der Waals surface area contributed by atoms with Crippen molar-refractivity contribution in [2.24, 2.45) is 0 Å². The van der Waals surface area contributed by atoms with Crippen LogP contribution in [-0.2, 0) is 11.3 Å². The number of methoxy groups -OCH3 is 1. The highest BCUT2D eigenvalue weighted by atomic mass is 16.6. The first-order valence-electron chi connectivity index (χ1n) is 5.31. The summed E-state index contributed by atoms with van der Waals surface area (Å²) in [6.45, 7) is 0.287. The molecule has 0 radical (unpaired) electrons. The molecule has 8 heteroatoms. The van der Waals surface area contributed by atoms with Crippen molar-refractivity contribution < 1.29 is 14.5 Å². The summed E-state index contributed by atoms with van der Waals surface area (Å²) in [5.41, 5.74) is 0.975. The molecule has 0 fully saturated rings. The van der Waals surface area contributed by atoms with Gasteiger partial charge in [-0.2, -0.15) is 4.68 Å². The Hall–Kier alpha value is -2.77. The van der Waals surface area contributed by atoms with Crippen LogP contribution in [-0.4, -0.2) is 32.8 Å². The minimum atomic E-state index is -0.565. The van der Waals surface area contributed by atoms with Gasteiger partial charge in [-0.3, -0.25) is 4.98 Å². The summed E-state index contributed by atoms with van der Waals surface area (Å²) in [6.07, 6.45) is 2.88. The topological polar surface area (TPSA) is 100 Å². The molecule has 0 aromatic carbocycles. The number of aromatic nitrogens is 3. The fourth-order valence-corrected chi connectivity index (χ4v) is 1.46. The Morgan fingerprint density at radius 1 is 1.47 bits per heavy atom. The van der Waals surface area contributed by atoms with E-state index in [1.54, 1.807) is 12.1 Å². The zero-order valence-electron chi connectivity index (χ0n) is 10.0. The summed E-state index contributed by atoms with van der Waals surface area (Å²) in [6, 6.07) is 4.52. The molecule has 0 amide bonds. The lowest BCUT2D eigenvalue weighted by molar-refractivity contribution is -0.389. The second-order valence-corrected chi connectivity index (χ2v) is 3.66. The molecule has 0 unspecified atom stereocenters. The molecule has 19 heavy (non-hydrogen) atoms. The Morgan fingerprint density at radius 3 is 2.79 bits per heavy atom. The smallest absolute Gasteiger partial charge is 0.389 e. The van der Waals surface area contributed by atoms with Gasteiger partial charge in [0.15, 0.2) is 0 Å². The minimum Gasteiger partial charge on any atom is -0.465 e. The van der Waals surface area contributed by atoms with Gasteiger partial charge in [0.1, 0.15) is 6.54 Å². The van der Waals surface area contributed by atoms with E-state index in [0.717, 1.165) is 0 Å². The number of nitrogens with zero attached hydrogens (tertiary/aromatic N) is 4. The molecule has 0 bridgehead atoms. The fraction of sp³-hybridized carbons (Fsp3) is 0.182. The molecular formula is C11H10N4O4. The zero-order valence-corrected chi connectivity index (χ0v) is 10.0. The van der Waals surface area contributed by atoms with Crippen molar-refractivity contribution in [1.82, 2.24) is 14.8 Å². The number of rotatable bonds is 4. The highest BCUT2D eigenvalue weighted by Crippen LogP contribution is 2.08. The lowest BCUT2D eigenvalue weighted by Gasteiger charge is -2.00. The molecule has 0 saturated carbocycles. The van der Waals surface area contributed by atoms with Crippen molar-refractivity contribution in [3.8, 4) is 0 Å². The van der Waals surface area contributed by atoms with Crippen LogP contribution in [0.2, 0.25) is 0 Å². The van der Waals surface area contributed by atoms with Crippen molar-refractivity contribution in [2.45, 2.75) is 6.54 Å². The van der Waals surface area contributed by atoms with E-state index in [2.05, 4.69) is 14.8 Å². The van der Waals surface area contributed by atoms with Crippen molar-refractivity contribution in [2.75, 3.05) is 7.11 Å². The first kappa shape index (κ1) is 12.7. The van der Waals surface area contributed by atoms with Crippen molar-refractivity contribution in [3.63, 3.8) is 0 Å². The largest absolute Gasteiger partial charge is 0.465 e. The van der Waals surface area contributed by atoms with Crippen LogP contribution in [0.5, 0.6) is 0 Å². The Morgan fingerprint density at radius 2 is 2.26 bits per heavy atom. The molecule has 0 aliphatic carbocycles. The van der Waals surface area contributed by atoms with E-state index < -0.39 is 10.9 Å². The molecular weight excluding hydrogens is 252 g/mol.